The lowest BCUT2D eigenvalue weighted by atomic mass is 10.0. The smallest absolute Gasteiger partial charge is 0.257 e. The molecule has 0 radical (unpaired) electrons. The summed E-state index contributed by atoms with van der Waals surface area (Å²) in [5, 5.41) is 10.4. The average Bonchev–Trinajstić information content (AvgIpc) is 2.54. The van der Waals surface area contributed by atoms with Crippen LogP contribution in [0.1, 0.15) is 41.3 Å². The quantitative estimate of drug-likeness (QED) is 0.506. The molecule has 22 heavy (non-hydrogen) atoms. The summed E-state index contributed by atoms with van der Waals surface area (Å²) in [6, 6.07) is 4.35. The van der Waals surface area contributed by atoms with Gasteiger partial charge in [-0.2, -0.15) is 4.39 Å². The van der Waals surface area contributed by atoms with Gasteiger partial charge in [0.05, 0.1) is 0 Å². The lowest BCUT2D eigenvalue weighted by Crippen LogP contribution is -2.31. The Hall–Kier alpha value is -2.63. The van der Waals surface area contributed by atoms with Crippen LogP contribution in [0.25, 0.3) is 0 Å². The molecule has 0 aliphatic heterocycles. The highest BCUT2D eigenvalue weighted by Gasteiger charge is 2.15. The first-order valence-electron chi connectivity index (χ1n) is 7.06. The number of nitrogens with one attached hydrogen (secondary N) is 2. The fourth-order valence-electron chi connectivity index (χ4n) is 2.01. The van der Waals surface area contributed by atoms with Crippen molar-refractivity contribution in [3.63, 3.8) is 0 Å². The van der Waals surface area contributed by atoms with Gasteiger partial charge in [0.2, 0.25) is 5.95 Å². The third kappa shape index (κ3) is 3.94. The molecule has 1 amide bonds. The molecule has 0 spiro atoms. The Morgan fingerprint density at radius 3 is 2.77 bits per heavy atom. The SMILES string of the molecule is CCCCc1cnc(F)cc1C(=O)NC(=N)c1ccncc1. The standard InChI is InChI=1S/C16H17FN4O/c1-2-3-4-12-10-20-14(17)9-13(12)16(22)21-15(18)11-5-7-19-8-6-11/h5-10H,2-4H2,1H3,(H2,18,21,22). The van der Waals surface area contributed by atoms with Gasteiger partial charge in [0.25, 0.3) is 5.91 Å². The van der Waals surface area contributed by atoms with Crippen molar-refractivity contribution in [1.29, 1.82) is 5.41 Å². The minimum Gasteiger partial charge on any atom is -0.307 e. The number of rotatable bonds is 5. The van der Waals surface area contributed by atoms with Gasteiger partial charge in [0, 0.05) is 35.8 Å². The highest BCUT2D eigenvalue weighted by atomic mass is 19.1. The van der Waals surface area contributed by atoms with Crippen LogP contribution in [0.15, 0.2) is 36.8 Å². The van der Waals surface area contributed by atoms with Crippen LogP contribution in [0.3, 0.4) is 0 Å². The van der Waals surface area contributed by atoms with Crippen LogP contribution < -0.4 is 5.32 Å². The summed E-state index contributed by atoms with van der Waals surface area (Å²) < 4.78 is 13.3. The number of unbranched alkanes of at least 4 members (excludes halogenated alkanes) is 1. The van der Waals surface area contributed by atoms with Gasteiger partial charge < -0.3 is 5.32 Å². The predicted octanol–water partition coefficient (Wildman–Crippen LogP) is 2.71. The van der Waals surface area contributed by atoms with E-state index in [2.05, 4.69) is 15.3 Å². The molecule has 5 nitrogen and oxygen atoms in total. The molecule has 0 bridgehead atoms. The van der Waals surface area contributed by atoms with Crippen molar-refractivity contribution >= 4 is 11.7 Å². The Morgan fingerprint density at radius 1 is 1.36 bits per heavy atom. The fourth-order valence-corrected chi connectivity index (χ4v) is 2.01. The number of nitrogens with zero attached hydrogens (tertiary/aromatic N) is 2. The molecule has 2 rings (SSSR count). The van der Waals surface area contributed by atoms with Gasteiger partial charge in [-0.1, -0.05) is 13.3 Å². The van der Waals surface area contributed by atoms with Crippen LogP contribution in [0.5, 0.6) is 0 Å². The zero-order valence-corrected chi connectivity index (χ0v) is 12.3. The van der Waals surface area contributed by atoms with Crippen molar-refractivity contribution in [2.45, 2.75) is 26.2 Å². The molecule has 6 heteroatoms. The number of pyridine rings is 2. The zero-order chi connectivity index (χ0) is 15.9. The molecule has 0 aliphatic rings. The van der Waals surface area contributed by atoms with Gasteiger partial charge in [-0.25, -0.2) is 4.98 Å². The molecule has 114 valence electrons. The van der Waals surface area contributed by atoms with E-state index in [1.54, 1.807) is 12.1 Å². The number of aromatic nitrogens is 2. The van der Waals surface area contributed by atoms with Crippen LogP contribution in [-0.4, -0.2) is 21.7 Å². The normalized spacial score (nSPS) is 10.3. The number of halogens is 1. The Balaban J connectivity index is 2.18. The van der Waals surface area contributed by atoms with E-state index in [0.29, 0.717) is 17.5 Å². The van der Waals surface area contributed by atoms with Crippen LogP contribution in [0.4, 0.5) is 4.39 Å². The second kappa shape index (κ2) is 7.40. The monoisotopic (exact) mass is 300 g/mol. The zero-order valence-electron chi connectivity index (χ0n) is 12.3. The van der Waals surface area contributed by atoms with Gasteiger partial charge in [-0.05, 0) is 30.5 Å². The second-order valence-corrected chi connectivity index (χ2v) is 4.83. The second-order valence-electron chi connectivity index (χ2n) is 4.83. The predicted molar refractivity (Wildman–Crippen MR) is 81.3 cm³/mol. The molecular formula is C16H17FN4O. The number of carbonyl (C=O) groups is 1. The third-order valence-electron chi connectivity index (χ3n) is 3.20. The number of hydrogen-bond donors (Lipinski definition) is 2. The van der Waals surface area contributed by atoms with E-state index in [9.17, 15) is 9.18 Å². The van der Waals surface area contributed by atoms with Crippen LogP contribution in [-0.2, 0) is 6.42 Å². The van der Waals surface area contributed by atoms with E-state index >= 15 is 0 Å². The van der Waals surface area contributed by atoms with E-state index in [0.717, 1.165) is 18.9 Å². The van der Waals surface area contributed by atoms with Crippen molar-refractivity contribution in [2.24, 2.45) is 0 Å². The molecule has 2 heterocycles. The van der Waals surface area contributed by atoms with Crippen molar-refractivity contribution in [2.75, 3.05) is 0 Å². The lowest BCUT2D eigenvalue weighted by molar-refractivity contribution is 0.0975. The molecule has 0 atom stereocenters. The van der Waals surface area contributed by atoms with Gasteiger partial charge in [0.15, 0.2) is 0 Å². The number of aryl methyl sites for hydroxylation is 1. The minimum absolute atomic E-state index is 0.0499. The molecule has 0 saturated carbocycles. The van der Waals surface area contributed by atoms with Crippen molar-refractivity contribution < 1.29 is 9.18 Å². The summed E-state index contributed by atoms with van der Waals surface area (Å²) in [5.74, 6) is -1.26. The average molecular weight is 300 g/mol. The molecule has 0 fully saturated rings. The summed E-state index contributed by atoms with van der Waals surface area (Å²) in [4.78, 5) is 19.8. The molecule has 2 N–H and O–H groups in total. The van der Waals surface area contributed by atoms with Gasteiger partial charge in [0.1, 0.15) is 5.84 Å². The maximum Gasteiger partial charge on any atom is 0.257 e. The molecule has 2 aromatic heterocycles. The lowest BCUT2D eigenvalue weighted by Gasteiger charge is -2.10. The molecule has 0 aromatic carbocycles. The third-order valence-corrected chi connectivity index (χ3v) is 3.20. The van der Waals surface area contributed by atoms with E-state index < -0.39 is 11.9 Å². The van der Waals surface area contributed by atoms with E-state index in [1.807, 2.05) is 6.92 Å². The molecule has 2 aromatic rings. The summed E-state index contributed by atoms with van der Waals surface area (Å²) in [6.07, 6.45) is 6.95. The van der Waals surface area contributed by atoms with E-state index in [4.69, 9.17) is 5.41 Å². The Morgan fingerprint density at radius 2 is 2.09 bits per heavy atom. The van der Waals surface area contributed by atoms with Crippen molar-refractivity contribution in [3.05, 3.63) is 59.4 Å². The van der Waals surface area contributed by atoms with Crippen molar-refractivity contribution in [3.8, 4) is 0 Å². The Labute approximate surface area is 128 Å². The first kappa shape index (κ1) is 15.8. The highest BCUT2D eigenvalue weighted by molar-refractivity contribution is 6.11. The van der Waals surface area contributed by atoms with Gasteiger partial charge in [-0.3, -0.25) is 15.2 Å². The topological polar surface area (TPSA) is 78.7 Å². The summed E-state index contributed by atoms with van der Waals surface area (Å²) in [7, 11) is 0. The van der Waals surface area contributed by atoms with E-state index in [1.165, 1.54) is 18.6 Å². The van der Waals surface area contributed by atoms with Crippen molar-refractivity contribution in [1.82, 2.24) is 15.3 Å². The van der Waals surface area contributed by atoms with Crippen LogP contribution in [0, 0.1) is 11.4 Å². The number of amidine groups is 1. The van der Waals surface area contributed by atoms with Gasteiger partial charge in [-0.15, -0.1) is 0 Å². The molecule has 0 aliphatic carbocycles. The maximum absolute atomic E-state index is 13.3. The van der Waals surface area contributed by atoms with Crippen LogP contribution in [0.2, 0.25) is 0 Å². The molecule has 0 saturated heterocycles. The van der Waals surface area contributed by atoms with Gasteiger partial charge >= 0.3 is 0 Å². The van der Waals surface area contributed by atoms with E-state index in [-0.39, 0.29) is 11.4 Å². The highest BCUT2D eigenvalue weighted by Crippen LogP contribution is 2.13. The fraction of sp³-hybridized carbons (Fsp3) is 0.250. The Bertz CT molecular complexity index is 673. The van der Waals surface area contributed by atoms with Crippen LogP contribution >= 0.6 is 0 Å². The Kier molecular flexibility index (Phi) is 5.30. The summed E-state index contributed by atoms with van der Waals surface area (Å²) in [5.41, 5.74) is 1.44. The molecular weight excluding hydrogens is 283 g/mol. The number of hydrogen-bond acceptors (Lipinski definition) is 4. The maximum atomic E-state index is 13.3. The largest absolute Gasteiger partial charge is 0.307 e. The first-order chi connectivity index (χ1) is 10.6. The number of amides is 1. The summed E-state index contributed by atoms with van der Waals surface area (Å²) in [6.45, 7) is 2.04. The molecule has 0 unspecified atom stereocenters. The first-order valence-corrected chi connectivity index (χ1v) is 7.06. The minimum atomic E-state index is -0.708. The number of carbonyl (C=O) groups excluding carboxylic acids is 1. The summed E-state index contributed by atoms with van der Waals surface area (Å²) >= 11 is 0.